The van der Waals surface area contributed by atoms with Crippen molar-refractivity contribution in [1.29, 1.82) is 0 Å². The molecule has 27 heavy (non-hydrogen) atoms. The van der Waals surface area contributed by atoms with E-state index < -0.39 is 11.8 Å². The second-order valence-electron chi connectivity index (χ2n) is 6.61. The highest BCUT2D eigenvalue weighted by molar-refractivity contribution is 6.35. The van der Waals surface area contributed by atoms with Crippen molar-refractivity contribution < 1.29 is 14.3 Å². The van der Waals surface area contributed by atoms with Gasteiger partial charge in [0.15, 0.2) is 0 Å². The molecule has 0 saturated heterocycles. The molecule has 0 aliphatic carbocycles. The maximum absolute atomic E-state index is 12.1. The Hall–Kier alpha value is -2.66. The number of hydrogen-bond acceptors (Lipinski definition) is 3. The standard InChI is InChI=1S/C22H28N2O3/c1-17(2)27-15-9-14-23-21(25)22(26)24-16-20(18-10-5-3-6-11-18)19-12-7-4-8-13-19/h3-8,10-13,17,20H,9,14-16H2,1-2H3,(H,23,25)(H,24,26). The van der Waals surface area contributed by atoms with E-state index in [-0.39, 0.29) is 12.0 Å². The Bertz CT molecular complexity index is 663. The van der Waals surface area contributed by atoms with Crippen LogP contribution >= 0.6 is 0 Å². The minimum Gasteiger partial charge on any atom is -0.379 e. The van der Waals surface area contributed by atoms with Crippen molar-refractivity contribution in [3.63, 3.8) is 0 Å². The number of nitrogens with one attached hydrogen (secondary N) is 2. The molecule has 0 atom stereocenters. The van der Waals surface area contributed by atoms with Gasteiger partial charge in [-0.2, -0.15) is 0 Å². The van der Waals surface area contributed by atoms with Crippen LogP contribution in [0.25, 0.3) is 0 Å². The molecule has 0 aromatic heterocycles. The van der Waals surface area contributed by atoms with E-state index in [2.05, 4.69) is 10.6 Å². The molecule has 2 amide bonds. The molecule has 0 heterocycles. The second-order valence-corrected chi connectivity index (χ2v) is 6.61. The van der Waals surface area contributed by atoms with E-state index in [1.807, 2.05) is 74.5 Å². The summed E-state index contributed by atoms with van der Waals surface area (Å²) in [6.07, 6.45) is 0.838. The van der Waals surface area contributed by atoms with Crippen molar-refractivity contribution in [2.24, 2.45) is 0 Å². The minimum atomic E-state index is -0.614. The van der Waals surface area contributed by atoms with Crippen LogP contribution in [0.15, 0.2) is 60.7 Å². The maximum atomic E-state index is 12.1. The van der Waals surface area contributed by atoms with Gasteiger partial charge in [-0.1, -0.05) is 60.7 Å². The Morgan fingerprint density at radius 2 is 1.37 bits per heavy atom. The van der Waals surface area contributed by atoms with E-state index in [0.717, 1.165) is 11.1 Å². The number of benzene rings is 2. The predicted octanol–water partition coefficient (Wildman–Crippen LogP) is 2.87. The van der Waals surface area contributed by atoms with Crippen molar-refractivity contribution in [2.75, 3.05) is 19.7 Å². The highest BCUT2D eigenvalue weighted by atomic mass is 16.5. The van der Waals surface area contributed by atoms with E-state index in [1.165, 1.54) is 0 Å². The van der Waals surface area contributed by atoms with Gasteiger partial charge in [0.2, 0.25) is 0 Å². The van der Waals surface area contributed by atoms with E-state index >= 15 is 0 Å². The molecule has 0 spiro atoms. The summed E-state index contributed by atoms with van der Waals surface area (Å²) in [5.41, 5.74) is 2.19. The first-order valence-corrected chi connectivity index (χ1v) is 9.35. The summed E-state index contributed by atoms with van der Waals surface area (Å²) in [4.78, 5) is 24.1. The Morgan fingerprint density at radius 3 is 1.89 bits per heavy atom. The molecule has 2 N–H and O–H groups in total. The van der Waals surface area contributed by atoms with Crippen molar-refractivity contribution in [1.82, 2.24) is 10.6 Å². The van der Waals surface area contributed by atoms with Gasteiger partial charge in [-0.05, 0) is 31.4 Å². The van der Waals surface area contributed by atoms with Gasteiger partial charge in [0.1, 0.15) is 0 Å². The molecule has 0 bridgehead atoms. The van der Waals surface area contributed by atoms with E-state index in [1.54, 1.807) is 0 Å². The fourth-order valence-electron chi connectivity index (χ4n) is 2.75. The van der Waals surface area contributed by atoms with Gasteiger partial charge >= 0.3 is 11.8 Å². The van der Waals surface area contributed by atoms with Crippen molar-refractivity contribution in [2.45, 2.75) is 32.3 Å². The Balaban J connectivity index is 1.87. The lowest BCUT2D eigenvalue weighted by Crippen LogP contribution is -2.42. The average molecular weight is 368 g/mol. The Morgan fingerprint density at radius 1 is 0.852 bits per heavy atom. The van der Waals surface area contributed by atoms with Crippen LogP contribution in [-0.2, 0) is 14.3 Å². The molecule has 144 valence electrons. The maximum Gasteiger partial charge on any atom is 0.309 e. The summed E-state index contributed by atoms with van der Waals surface area (Å²) in [7, 11) is 0. The Kier molecular flexibility index (Phi) is 8.52. The van der Waals surface area contributed by atoms with Crippen molar-refractivity contribution in [3.8, 4) is 0 Å². The first-order chi connectivity index (χ1) is 13.1. The summed E-state index contributed by atoms with van der Waals surface area (Å²) in [5, 5.41) is 5.38. The first kappa shape index (κ1) is 20.6. The van der Waals surface area contributed by atoms with Crippen LogP contribution in [0.1, 0.15) is 37.3 Å². The highest BCUT2D eigenvalue weighted by Gasteiger charge is 2.18. The zero-order chi connectivity index (χ0) is 19.5. The zero-order valence-electron chi connectivity index (χ0n) is 16.0. The van der Waals surface area contributed by atoms with Gasteiger partial charge < -0.3 is 15.4 Å². The molecular formula is C22H28N2O3. The monoisotopic (exact) mass is 368 g/mol. The van der Waals surface area contributed by atoms with E-state index in [9.17, 15) is 9.59 Å². The van der Waals surface area contributed by atoms with Crippen LogP contribution in [0.2, 0.25) is 0 Å². The summed E-state index contributed by atoms with van der Waals surface area (Å²) in [6.45, 7) is 5.25. The van der Waals surface area contributed by atoms with Crippen LogP contribution in [-0.4, -0.2) is 37.6 Å². The van der Waals surface area contributed by atoms with Gasteiger partial charge in [-0.25, -0.2) is 0 Å². The fourth-order valence-corrected chi connectivity index (χ4v) is 2.75. The molecule has 5 nitrogen and oxygen atoms in total. The number of amides is 2. The number of carbonyl (C=O) groups excluding carboxylic acids is 2. The molecule has 0 saturated carbocycles. The molecule has 2 aromatic carbocycles. The van der Waals surface area contributed by atoms with Crippen LogP contribution in [0.5, 0.6) is 0 Å². The quantitative estimate of drug-likeness (QED) is 0.528. The van der Waals surface area contributed by atoms with E-state index in [4.69, 9.17) is 4.74 Å². The molecule has 0 unspecified atom stereocenters. The molecule has 2 rings (SSSR count). The minimum absolute atomic E-state index is 0.0106. The lowest BCUT2D eigenvalue weighted by atomic mass is 9.91. The third-order valence-corrected chi connectivity index (χ3v) is 4.13. The topological polar surface area (TPSA) is 67.4 Å². The van der Waals surface area contributed by atoms with Gasteiger partial charge in [-0.3, -0.25) is 9.59 Å². The largest absolute Gasteiger partial charge is 0.379 e. The highest BCUT2D eigenvalue weighted by Crippen LogP contribution is 2.23. The van der Waals surface area contributed by atoms with Crippen LogP contribution in [0, 0.1) is 0 Å². The van der Waals surface area contributed by atoms with Gasteiger partial charge in [-0.15, -0.1) is 0 Å². The lowest BCUT2D eigenvalue weighted by molar-refractivity contribution is -0.139. The van der Waals surface area contributed by atoms with Crippen molar-refractivity contribution in [3.05, 3.63) is 71.8 Å². The van der Waals surface area contributed by atoms with Gasteiger partial charge in [0.25, 0.3) is 0 Å². The molecule has 0 aliphatic heterocycles. The molecule has 2 aromatic rings. The molecule has 0 fully saturated rings. The molecule has 5 heteroatoms. The normalized spacial score (nSPS) is 10.8. The first-order valence-electron chi connectivity index (χ1n) is 9.35. The SMILES string of the molecule is CC(C)OCCCNC(=O)C(=O)NCC(c1ccccc1)c1ccccc1. The van der Waals surface area contributed by atoms with Crippen LogP contribution in [0.3, 0.4) is 0 Å². The molecule has 0 aliphatic rings. The van der Waals surface area contributed by atoms with Gasteiger partial charge in [0.05, 0.1) is 6.10 Å². The molecular weight excluding hydrogens is 340 g/mol. The van der Waals surface area contributed by atoms with Crippen molar-refractivity contribution >= 4 is 11.8 Å². The van der Waals surface area contributed by atoms with Gasteiger partial charge in [0, 0.05) is 25.6 Å². The zero-order valence-corrected chi connectivity index (χ0v) is 16.0. The number of hydrogen-bond donors (Lipinski definition) is 2. The van der Waals surface area contributed by atoms with Crippen LogP contribution < -0.4 is 10.6 Å². The smallest absolute Gasteiger partial charge is 0.309 e. The second kappa shape index (κ2) is 11.1. The lowest BCUT2D eigenvalue weighted by Gasteiger charge is -2.18. The number of carbonyl (C=O) groups is 2. The average Bonchev–Trinajstić information content (AvgIpc) is 2.69. The summed E-state index contributed by atoms with van der Waals surface area (Å²) >= 11 is 0. The predicted molar refractivity (Wildman–Crippen MR) is 106 cm³/mol. The third-order valence-electron chi connectivity index (χ3n) is 4.13. The summed E-state index contributed by atoms with van der Waals surface area (Å²) < 4.78 is 5.41. The third kappa shape index (κ3) is 7.23. The number of rotatable bonds is 9. The molecule has 0 radical (unpaired) electrons. The van der Waals surface area contributed by atoms with Crippen LogP contribution in [0.4, 0.5) is 0 Å². The van der Waals surface area contributed by atoms with E-state index in [0.29, 0.717) is 26.1 Å². The number of ether oxygens (including phenoxy) is 1. The fraction of sp³-hybridized carbons (Fsp3) is 0.364. The Labute approximate surface area is 161 Å². The summed E-state index contributed by atoms with van der Waals surface area (Å²) in [5.74, 6) is -1.24. The summed E-state index contributed by atoms with van der Waals surface area (Å²) in [6, 6.07) is 19.9.